The smallest absolute Gasteiger partial charge is 0.316 e. The molecule has 0 N–H and O–H groups in total. The molecule has 0 fully saturated rings. The molecule has 4 nitrogen and oxygen atoms in total. The average molecular weight is 417 g/mol. The maximum absolute atomic E-state index is 12.3. The number of aryl methyl sites for hydroxylation is 1. The van der Waals surface area contributed by atoms with E-state index in [4.69, 9.17) is 25.8 Å². The first-order valence-electron chi connectivity index (χ1n) is 8.70. The zero-order valence-corrected chi connectivity index (χ0v) is 17.5. The lowest BCUT2D eigenvalue weighted by Crippen LogP contribution is -2.08. The highest BCUT2D eigenvalue weighted by atomic mass is 35.5. The van der Waals surface area contributed by atoms with Crippen LogP contribution in [-0.2, 0) is 16.1 Å². The van der Waals surface area contributed by atoms with Crippen LogP contribution in [0.25, 0.3) is 10.8 Å². The van der Waals surface area contributed by atoms with Crippen LogP contribution in [0.2, 0.25) is 5.02 Å². The summed E-state index contributed by atoms with van der Waals surface area (Å²) in [7, 11) is 3.17. The summed E-state index contributed by atoms with van der Waals surface area (Å²) in [5.74, 6) is 1.18. The minimum Gasteiger partial charge on any atom is -0.493 e. The van der Waals surface area contributed by atoms with E-state index in [1.54, 1.807) is 14.2 Å². The van der Waals surface area contributed by atoms with E-state index in [-0.39, 0.29) is 18.3 Å². The minimum atomic E-state index is -0.289. The highest BCUT2D eigenvalue weighted by Crippen LogP contribution is 2.33. The van der Waals surface area contributed by atoms with Crippen LogP contribution in [0, 0.1) is 6.92 Å². The first-order valence-corrected chi connectivity index (χ1v) is 10.1. The molecule has 0 atom stereocenters. The topological polar surface area (TPSA) is 44.8 Å². The maximum atomic E-state index is 12.3. The van der Waals surface area contributed by atoms with Gasteiger partial charge in [-0.15, -0.1) is 11.8 Å². The van der Waals surface area contributed by atoms with Crippen molar-refractivity contribution in [2.75, 3.05) is 20.0 Å². The fourth-order valence-electron chi connectivity index (χ4n) is 2.90. The van der Waals surface area contributed by atoms with Gasteiger partial charge in [-0.3, -0.25) is 4.79 Å². The SMILES string of the molecule is COc1cc(C)c(COC(=O)CSc2cccc3cccc(Cl)c23)cc1OC. The van der Waals surface area contributed by atoms with Crippen molar-refractivity contribution < 1.29 is 19.0 Å². The van der Waals surface area contributed by atoms with Gasteiger partial charge in [0.05, 0.1) is 20.0 Å². The third-order valence-corrected chi connectivity index (χ3v) is 5.74. The predicted molar refractivity (Wildman–Crippen MR) is 114 cm³/mol. The number of ether oxygens (including phenoxy) is 3. The molecule has 0 amide bonds. The molecule has 3 aromatic carbocycles. The summed E-state index contributed by atoms with van der Waals surface area (Å²) < 4.78 is 16.1. The van der Waals surface area contributed by atoms with E-state index in [1.165, 1.54) is 11.8 Å². The monoisotopic (exact) mass is 416 g/mol. The van der Waals surface area contributed by atoms with Gasteiger partial charge in [0.15, 0.2) is 11.5 Å². The molecule has 0 spiro atoms. The van der Waals surface area contributed by atoms with Crippen LogP contribution in [0.15, 0.2) is 53.4 Å². The Hall–Kier alpha value is -2.37. The van der Waals surface area contributed by atoms with E-state index in [0.717, 1.165) is 26.8 Å². The van der Waals surface area contributed by atoms with Crippen LogP contribution >= 0.6 is 23.4 Å². The van der Waals surface area contributed by atoms with E-state index in [2.05, 4.69) is 0 Å². The molecular weight excluding hydrogens is 396 g/mol. The molecule has 0 aliphatic heterocycles. The molecule has 6 heteroatoms. The van der Waals surface area contributed by atoms with Crippen LogP contribution in [-0.4, -0.2) is 25.9 Å². The molecule has 0 aliphatic carbocycles. The second-order valence-electron chi connectivity index (χ2n) is 6.18. The second kappa shape index (κ2) is 9.22. The van der Waals surface area contributed by atoms with Crippen LogP contribution < -0.4 is 9.47 Å². The van der Waals surface area contributed by atoms with Gasteiger partial charge in [-0.2, -0.15) is 0 Å². The number of methoxy groups -OCH3 is 2. The number of carbonyl (C=O) groups excluding carboxylic acids is 1. The highest BCUT2D eigenvalue weighted by molar-refractivity contribution is 8.00. The Morgan fingerprint density at radius 1 is 1.04 bits per heavy atom. The number of hydrogen-bond acceptors (Lipinski definition) is 5. The average Bonchev–Trinajstić information content (AvgIpc) is 2.71. The fraction of sp³-hybridized carbons (Fsp3) is 0.227. The number of benzene rings is 3. The quantitative estimate of drug-likeness (QED) is 0.367. The van der Waals surface area contributed by atoms with Crippen LogP contribution in [0.5, 0.6) is 11.5 Å². The summed E-state index contributed by atoms with van der Waals surface area (Å²) in [5, 5.41) is 2.68. The molecule has 0 saturated carbocycles. The largest absolute Gasteiger partial charge is 0.493 e. The van der Waals surface area contributed by atoms with Gasteiger partial charge in [-0.1, -0.05) is 35.9 Å². The van der Waals surface area contributed by atoms with Gasteiger partial charge >= 0.3 is 5.97 Å². The summed E-state index contributed by atoms with van der Waals surface area (Å²) in [5.41, 5.74) is 1.85. The number of carbonyl (C=O) groups is 1. The van der Waals surface area contributed by atoms with E-state index in [1.807, 2.05) is 55.5 Å². The predicted octanol–water partition coefficient (Wildman–Crippen LogP) is 5.65. The van der Waals surface area contributed by atoms with Gasteiger partial charge in [-0.05, 0) is 47.7 Å². The normalized spacial score (nSPS) is 10.7. The van der Waals surface area contributed by atoms with Crippen molar-refractivity contribution in [2.24, 2.45) is 0 Å². The Labute approximate surface area is 173 Å². The molecule has 3 aromatic rings. The highest BCUT2D eigenvalue weighted by Gasteiger charge is 2.12. The Morgan fingerprint density at radius 2 is 1.71 bits per heavy atom. The number of thioether (sulfide) groups is 1. The van der Waals surface area contributed by atoms with Crippen molar-refractivity contribution in [3.8, 4) is 11.5 Å². The second-order valence-corrected chi connectivity index (χ2v) is 7.60. The van der Waals surface area contributed by atoms with E-state index in [9.17, 15) is 4.79 Å². The molecule has 0 aromatic heterocycles. The Balaban J connectivity index is 1.65. The molecule has 0 aliphatic rings. The summed E-state index contributed by atoms with van der Waals surface area (Å²) in [6, 6.07) is 15.4. The van der Waals surface area contributed by atoms with Crippen molar-refractivity contribution in [1.82, 2.24) is 0 Å². The van der Waals surface area contributed by atoms with Crippen LogP contribution in [0.4, 0.5) is 0 Å². The fourth-order valence-corrected chi connectivity index (χ4v) is 4.14. The van der Waals surface area contributed by atoms with Gasteiger partial charge in [-0.25, -0.2) is 0 Å². The molecule has 0 bridgehead atoms. The Kier molecular flexibility index (Phi) is 6.70. The lowest BCUT2D eigenvalue weighted by molar-refractivity contribution is -0.141. The van der Waals surface area contributed by atoms with Gasteiger partial charge in [0.1, 0.15) is 6.61 Å². The first-order chi connectivity index (χ1) is 13.5. The van der Waals surface area contributed by atoms with Crippen LogP contribution in [0.3, 0.4) is 0 Å². The van der Waals surface area contributed by atoms with Gasteiger partial charge in [0.2, 0.25) is 0 Å². The zero-order valence-electron chi connectivity index (χ0n) is 16.0. The van der Waals surface area contributed by atoms with E-state index >= 15 is 0 Å². The summed E-state index contributed by atoms with van der Waals surface area (Å²) in [4.78, 5) is 13.2. The molecular formula is C22H21ClO4S. The van der Waals surface area contributed by atoms with Gasteiger partial charge < -0.3 is 14.2 Å². The van der Waals surface area contributed by atoms with Crippen molar-refractivity contribution in [3.63, 3.8) is 0 Å². The third kappa shape index (κ3) is 4.54. The molecule has 28 heavy (non-hydrogen) atoms. The number of hydrogen-bond donors (Lipinski definition) is 0. The van der Waals surface area contributed by atoms with E-state index < -0.39 is 0 Å². The molecule has 0 unspecified atom stereocenters. The number of halogens is 1. The third-order valence-electron chi connectivity index (χ3n) is 4.39. The van der Waals surface area contributed by atoms with E-state index in [0.29, 0.717) is 16.5 Å². The van der Waals surface area contributed by atoms with Gasteiger partial charge in [0.25, 0.3) is 0 Å². The standard InChI is InChI=1S/C22H21ClO4S/c1-14-10-18(25-2)19(26-3)11-16(14)12-27-21(24)13-28-20-9-5-7-15-6-4-8-17(23)22(15)20/h4-11H,12-13H2,1-3H3. The molecule has 146 valence electrons. The van der Waals surface area contributed by atoms with Crippen molar-refractivity contribution in [3.05, 3.63) is 64.7 Å². The lowest BCUT2D eigenvalue weighted by atomic mass is 10.1. The molecule has 0 heterocycles. The Bertz CT molecular complexity index is 998. The minimum absolute atomic E-state index is 0.182. The van der Waals surface area contributed by atoms with Crippen molar-refractivity contribution in [2.45, 2.75) is 18.4 Å². The lowest BCUT2D eigenvalue weighted by Gasteiger charge is -2.13. The number of esters is 1. The molecule has 3 rings (SSSR count). The summed E-state index contributed by atoms with van der Waals surface area (Å²) in [6.45, 7) is 2.12. The van der Waals surface area contributed by atoms with Gasteiger partial charge in [0, 0.05) is 15.3 Å². The zero-order chi connectivity index (χ0) is 20.1. The first kappa shape index (κ1) is 20.4. The number of fused-ring (bicyclic) bond motifs is 1. The molecule has 0 saturated heterocycles. The Morgan fingerprint density at radius 3 is 2.43 bits per heavy atom. The van der Waals surface area contributed by atoms with Crippen LogP contribution in [0.1, 0.15) is 11.1 Å². The maximum Gasteiger partial charge on any atom is 0.316 e. The number of rotatable bonds is 7. The van der Waals surface area contributed by atoms with Crippen molar-refractivity contribution in [1.29, 1.82) is 0 Å². The summed E-state index contributed by atoms with van der Waals surface area (Å²) in [6.07, 6.45) is 0. The van der Waals surface area contributed by atoms with Crippen molar-refractivity contribution >= 4 is 40.1 Å². The summed E-state index contributed by atoms with van der Waals surface area (Å²) >= 11 is 7.76. The molecule has 0 radical (unpaired) electrons.